The van der Waals surface area contributed by atoms with Crippen LogP contribution in [-0.4, -0.2) is 36.7 Å². The van der Waals surface area contributed by atoms with Gasteiger partial charge in [0, 0.05) is 12.6 Å². The molecule has 1 aliphatic heterocycles. The van der Waals surface area contributed by atoms with Crippen molar-refractivity contribution in [2.75, 3.05) is 20.8 Å². The number of thioether (sulfide) groups is 1. The maximum atomic E-state index is 12.8. The van der Waals surface area contributed by atoms with E-state index < -0.39 is 0 Å². The van der Waals surface area contributed by atoms with Crippen LogP contribution in [0, 0.1) is 0 Å². The zero-order valence-corrected chi connectivity index (χ0v) is 18.1. The van der Waals surface area contributed by atoms with Crippen LogP contribution >= 0.6 is 11.8 Å². The van der Waals surface area contributed by atoms with E-state index in [9.17, 15) is 4.79 Å². The van der Waals surface area contributed by atoms with E-state index in [2.05, 4.69) is 19.9 Å². The van der Waals surface area contributed by atoms with Gasteiger partial charge in [-0.3, -0.25) is 9.69 Å². The molecular formula is C23H26N2O3S. The van der Waals surface area contributed by atoms with Gasteiger partial charge in [-0.1, -0.05) is 44.2 Å². The van der Waals surface area contributed by atoms with Gasteiger partial charge in [-0.15, -0.1) is 0 Å². The number of ether oxygens (including phenoxy) is 2. The van der Waals surface area contributed by atoms with Crippen LogP contribution in [0.15, 0.2) is 52.4 Å². The third-order valence-corrected chi connectivity index (χ3v) is 5.62. The second kappa shape index (κ2) is 9.65. The van der Waals surface area contributed by atoms with E-state index in [4.69, 9.17) is 14.5 Å². The minimum Gasteiger partial charge on any atom is -0.493 e. The second-order valence-corrected chi connectivity index (χ2v) is 7.59. The van der Waals surface area contributed by atoms with E-state index >= 15 is 0 Å². The first-order valence-corrected chi connectivity index (χ1v) is 10.5. The number of benzene rings is 2. The number of carbonyl (C=O) groups excluding carboxylic acids is 1. The molecule has 2 aromatic carbocycles. The van der Waals surface area contributed by atoms with E-state index in [0.717, 1.165) is 29.7 Å². The third-order valence-electron chi connectivity index (χ3n) is 4.56. The SMILES string of the molecule is CCCOc1c(/C=C2/SC(=Nc3ccccc3CC)N(C)C2=O)cccc1OC. The van der Waals surface area contributed by atoms with Crippen molar-refractivity contribution in [3.63, 3.8) is 0 Å². The zero-order valence-electron chi connectivity index (χ0n) is 17.3. The minimum absolute atomic E-state index is 0.0769. The monoisotopic (exact) mass is 410 g/mol. The molecule has 0 atom stereocenters. The predicted octanol–water partition coefficient (Wildman–Crippen LogP) is 5.28. The van der Waals surface area contributed by atoms with Gasteiger partial charge in [0.15, 0.2) is 16.7 Å². The van der Waals surface area contributed by atoms with Crippen molar-refractivity contribution in [3.8, 4) is 11.5 Å². The van der Waals surface area contributed by atoms with Crippen LogP contribution in [0.3, 0.4) is 0 Å². The molecule has 0 bridgehead atoms. The van der Waals surface area contributed by atoms with E-state index in [0.29, 0.717) is 28.2 Å². The van der Waals surface area contributed by atoms with Gasteiger partial charge in [0.05, 0.1) is 24.3 Å². The van der Waals surface area contributed by atoms with Crippen molar-refractivity contribution < 1.29 is 14.3 Å². The second-order valence-electron chi connectivity index (χ2n) is 6.58. The van der Waals surface area contributed by atoms with Crippen LogP contribution in [0.25, 0.3) is 6.08 Å². The average Bonchev–Trinajstić information content (AvgIpc) is 3.00. The molecule has 1 aliphatic rings. The van der Waals surface area contributed by atoms with Gasteiger partial charge < -0.3 is 9.47 Å². The maximum absolute atomic E-state index is 12.8. The number of methoxy groups -OCH3 is 1. The summed E-state index contributed by atoms with van der Waals surface area (Å²) in [5, 5.41) is 0.668. The van der Waals surface area contributed by atoms with Crippen molar-refractivity contribution in [2.45, 2.75) is 26.7 Å². The van der Waals surface area contributed by atoms with Gasteiger partial charge in [-0.05, 0) is 48.4 Å². The molecule has 6 heteroatoms. The van der Waals surface area contributed by atoms with Gasteiger partial charge in [-0.25, -0.2) is 4.99 Å². The Kier molecular flexibility index (Phi) is 6.99. The van der Waals surface area contributed by atoms with Crippen LogP contribution in [0.5, 0.6) is 11.5 Å². The Morgan fingerprint density at radius 1 is 1.14 bits per heavy atom. The fraction of sp³-hybridized carbons (Fsp3) is 0.304. The lowest BCUT2D eigenvalue weighted by molar-refractivity contribution is -0.121. The molecule has 0 radical (unpaired) electrons. The summed E-state index contributed by atoms with van der Waals surface area (Å²) < 4.78 is 11.3. The van der Waals surface area contributed by atoms with Crippen molar-refractivity contribution in [3.05, 3.63) is 58.5 Å². The molecular weight excluding hydrogens is 384 g/mol. The number of para-hydroxylation sites is 2. The Morgan fingerprint density at radius 3 is 2.66 bits per heavy atom. The highest BCUT2D eigenvalue weighted by Gasteiger charge is 2.31. The number of hydrogen-bond donors (Lipinski definition) is 0. The van der Waals surface area contributed by atoms with Crippen LogP contribution in [0.4, 0.5) is 5.69 Å². The minimum atomic E-state index is -0.0769. The Labute approximate surface area is 176 Å². The van der Waals surface area contributed by atoms with Crippen LogP contribution < -0.4 is 9.47 Å². The molecule has 0 aliphatic carbocycles. The van der Waals surface area contributed by atoms with Crippen LogP contribution in [-0.2, 0) is 11.2 Å². The number of carbonyl (C=O) groups is 1. The van der Waals surface area contributed by atoms with Gasteiger partial charge >= 0.3 is 0 Å². The highest BCUT2D eigenvalue weighted by Crippen LogP contribution is 2.38. The highest BCUT2D eigenvalue weighted by atomic mass is 32.2. The van der Waals surface area contributed by atoms with Crippen LogP contribution in [0.1, 0.15) is 31.4 Å². The number of hydrogen-bond acceptors (Lipinski definition) is 5. The molecule has 2 aromatic rings. The number of amides is 1. The number of rotatable bonds is 7. The first kappa shape index (κ1) is 21.0. The van der Waals surface area contributed by atoms with Crippen LogP contribution in [0.2, 0.25) is 0 Å². The third kappa shape index (κ3) is 4.65. The largest absolute Gasteiger partial charge is 0.493 e. The molecule has 1 heterocycles. The summed E-state index contributed by atoms with van der Waals surface area (Å²) in [7, 11) is 3.37. The fourth-order valence-electron chi connectivity index (χ4n) is 2.98. The smallest absolute Gasteiger partial charge is 0.266 e. The lowest BCUT2D eigenvalue weighted by atomic mass is 10.1. The van der Waals surface area contributed by atoms with Gasteiger partial charge in [0.1, 0.15) is 0 Å². The fourth-order valence-corrected chi connectivity index (χ4v) is 3.95. The first-order valence-electron chi connectivity index (χ1n) is 9.73. The average molecular weight is 411 g/mol. The van der Waals surface area contributed by atoms with E-state index in [1.807, 2.05) is 42.5 Å². The molecule has 1 fully saturated rings. The molecule has 0 N–H and O–H groups in total. The number of aliphatic imine (C=N–C) groups is 1. The molecule has 0 aromatic heterocycles. The molecule has 5 nitrogen and oxygen atoms in total. The van der Waals surface area contributed by atoms with Crippen molar-refractivity contribution in [2.24, 2.45) is 4.99 Å². The summed E-state index contributed by atoms with van der Waals surface area (Å²) in [4.78, 5) is 19.8. The summed E-state index contributed by atoms with van der Waals surface area (Å²) in [6, 6.07) is 13.7. The van der Waals surface area contributed by atoms with Gasteiger partial charge in [-0.2, -0.15) is 0 Å². The van der Waals surface area contributed by atoms with E-state index in [-0.39, 0.29) is 5.91 Å². The molecule has 0 unspecified atom stereocenters. The van der Waals surface area contributed by atoms with E-state index in [1.165, 1.54) is 11.8 Å². The Balaban J connectivity index is 1.96. The van der Waals surface area contributed by atoms with Crippen molar-refractivity contribution in [1.82, 2.24) is 4.90 Å². The molecule has 152 valence electrons. The normalized spacial score (nSPS) is 16.7. The van der Waals surface area contributed by atoms with Gasteiger partial charge in [0.2, 0.25) is 0 Å². The quantitative estimate of drug-likeness (QED) is 0.583. The molecule has 1 amide bonds. The highest BCUT2D eigenvalue weighted by molar-refractivity contribution is 8.18. The van der Waals surface area contributed by atoms with Gasteiger partial charge in [0.25, 0.3) is 5.91 Å². The zero-order chi connectivity index (χ0) is 20.8. The Bertz CT molecular complexity index is 953. The molecule has 0 saturated carbocycles. The summed E-state index contributed by atoms with van der Waals surface area (Å²) in [5.74, 6) is 1.23. The number of aryl methyl sites for hydroxylation is 1. The molecule has 29 heavy (non-hydrogen) atoms. The van der Waals surface area contributed by atoms with Crippen molar-refractivity contribution >= 4 is 34.6 Å². The topological polar surface area (TPSA) is 51.1 Å². The van der Waals surface area contributed by atoms with E-state index in [1.54, 1.807) is 19.1 Å². The maximum Gasteiger partial charge on any atom is 0.266 e. The summed E-state index contributed by atoms with van der Waals surface area (Å²) in [6.45, 7) is 4.73. The lowest BCUT2D eigenvalue weighted by Crippen LogP contribution is -2.23. The number of nitrogens with zero attached hydrogens (tertiary/aromatic N) is 2. The molecule has 1 saturated heterocycles. The number of likely N-dealkylation sites (N-methyl/N-ethyl adjacent to an activating group) is 1. The summed E-state index contributed by atoms with van der Waals surface area (Å²) >= 11 is 1.37. The Hall–Kier alpha value is -2.73. The summed E-state index contributed by atoms with van der Waals surface area (Å²) in [6.07, 6.45) is 3.63. The lowest BCUT2D eigenvalue weighted by Gasteiger charge is -2.13. The summed E-state index contributed by atoms with van der Waals surface area (Å²) in [5.41, 5.74) is 2.87. The molecule has 0 spiro atoms. The first-order chi connectivity index (χ1) is 14.1. The Morgan fingerprint density at radius 2 is 1.93 bits per heavy atom. The molecule has 3 rings (SSSR count). The van der Waals surface area contributed by atoms with Crippen molar-refractivity contribution in [1.29, 1.82) is 0 Å². The standard InChI is InChI=1S/C23H26N2O3S/c1-5-14-28-21-17(11-9-13-19(21)27-4)15-20-22(26)25(3)23(29-20)24-18-12-8-7-10-16(18)6-2/h7-13,15H,5-6,14H2,1-4H3/b20-15+,24-23?. The number of amidine groups is 1. The predicted molar refractivity (Wildman–Crippen MR) is 120 cm³/mol.